The molecule has 0 saturated carbocycles. The third-order valence-electron chi connectivity index (χ3n) is 3.45. The number of rotatable bonds is 6. The molecule has 0 aliphatic carbocycles. The average molecular weight is 319 g/mol. The fraction of sp³-hybridized carbons (Fsp3) is 0.533. The molecule has 21 heavy (non-hydrogen) atoms. The highest BCUT2D eigenvalue weighted by molar-refractivity contribution is 6.33. The number of benzene rings is 1. The summed E-state index contributed by atoms with van der Waals surface area (Å²) >= 11 is 5.96. The van der Waals surface area contributed by atoms with Gasteiger partial charge in [0.15, 0.2) is 0 Å². The number of hydrogen-bond acceptors (Lipinski definition) is 2. The molecule has 1 rings (SSSR count). The van der Waals surface area contributed by atoms with Gasteiger partial charge in [-0.2, -0.15) is 0 Å². The minimum Gasteiger partial charge on any atom is -0.384 e. The van der Waals surface area contributed by atoms with Crippen molar-refractivity contribution in [1.82, 2.24) is 0 Å². The number of alkyl halides is 2. The third-order valence-corrected chi connectivity index (χ3v) is 3.78. The monoisotopic (exact) mass is 318 g/mol. The van der Waals surface area contributed by atoms with Gasteiger partial charge in [-0.25, -0.2) is 8.78 Å². The maximum atomic E-state index is 13.8. The van der Waals surface area contributed by atoms with E-state index in [0.717, 1.165) is 0 Å². The van der Waals surface area contributed by atoms with Crippen molar-refractivity contribution < 1.29 is 13.6 Å². The summed E-state index contributed by atoms with van der Waals surface area (Å²) in [6.07, 6.45) is -0.209. The van der Waals surface area contributed by atoms with E-state index in [9.17, 15) is 13.6 Å². The number of nitrogens with one attached hydrogen (secondary N) is 2. The van der Waals surface area contributed by atoms with E-state index in [1.165, 1.54) is 27.7 Å². The van der Waals surface area contributed by atoms with Crippen LogP contribution >= 0.6 is 11.6 Å². The van der Waals surface area contributed by atoms with Crippen molar-refractivity contribution in [3.05, 3.63) is 23.2 Å². The molecule has 0 aliphatic rings. The highest BCUT2D eigenvalue weighted by Gasteiger charge is 2.44. The minimum absolute atomic E-state index is 0.106. The van der Waals surface area contributed by atoms with Crippen LogP contribution in [-0.4, -0.2) is 18.4 Å². The molecule has 0 saturated heterocycles. The first-order valence-corrected chi connectivity index (χ1v) is 7.15. The number of carbonyl (C=O) groups excluding carboxylic acids is 1. The smallest absolute Gasteiger partial charge is 0.254 e. The van der Waals surface area contributed by atoms with Crippen molar-refractivity contribution >= 4 is 28.9 Å². The fourth-order valence-electron chi connectivity index (χ4n) is 1.85. The Hall–Kier alpha value is -1.36. The van der Waals surface area contributed by atoms with Gasteiger partial charge in [-0.15, -0.1) is 0 Å². The van der Waals surface area contributed by atoms with Gasteiger partial charge < -0.3 is 10.6 Å². The second-order valence-corrected chi connectivity index (χ2v) is 6.08. The summed E-state index contributed by atoms with van der Waals surface area (Å²) in [5.41, 5.74) is -0.104. The summed E-state index contributed by atoms with van der Waals surface area (Å²) in [6, 6.07) is 4.93. The van der Waals surface area contributed by atoms with Crippen LogP contribution in [0.2, 0.25) is 5.02 Å². The number of hydrogen-bond donors (Lipinski definition) is 2. The minimum atomic E-state index is -2.76. The largest absolute Gasteiger partial charge is 0.384 e. The topological polar surface area (TPSA) is 41.1 Å². The van der Waals surface area contributed by atoms with Crippen LogP contribution in [0.1, 0.15) is 34.1 Å². The molecule has 3 nitrogen and oxygen atoms in total. The molecule has 0 aliphatic heterocycles. The molecule has 1 aromatic rings. The van der Waals surface area contributed by atoms with Crippen molar-refractivity contribution in [3.8, 4) is 0 Å². The standard InChI is InChI=1S/C15H21ClF2N2O/c1-5-15(17,18)14(3,4)9-19-11-6-7-12(16)13(8-11)20-10(2)21/h6-8,19H,5,9H2,1-4H3,(H,20,21). The number of halogens is 3. The Morgan fingerprint density at radius 1 is 1.33 bits per heavy atom. The lowest BCUT2D eigenvalue weighted by molar-refractivity contribution is -0.114. The van der Waals surface area contributed by atoms with Gasteiger partial charge in [0.25, 0.3) is 5.92 Å². The molecular formula is C15H21ClF2N2O. The van der Waals surface area contributed by atoms with Gasteiger partial charge in [-0.1, -0.05) is 32.4 Å². The average Bonchev–Trinajstić information content (AvgIpc) is 2.39. The maximum absolute atomic E-state index is 13.8. The molecule has 1 aromatic carbocycles. The fourth-order valence-corrected chi connectivity index (χ4v) is 2.02. The van der Waals surface area contributed by atoms with Crippen LogP contribution in [0.15, 0.2) is 18.2 Å². The van der Waals surface area contributed by atoms with E-state index in [0.29, 0.717) is 16.4 Å². The summed E-state index contributed by atoms with van der Waals surface area (Å²) < 4.78 is 27.7. The van der Waals surface area contributed by atoms with E-state index < -0.39 is 11.3 Å². The van der Waals surface area contributed by atoms with E-state index in [1.54, 1.807) is 18.2 Å². The first-order valence-electron chi connectivity index (χ1n) is 6.78. The molecule has 0 aromatic heterocycles. The Morgan fingerprint density at radius 2 is 1.95 bits per heavy atom. The molecule has 0 spiro atoms. The maximum Gasteiger partial charge on any atom is 0.254 e. The van der Waals surface area contributed by atoms with E-state index in [1.807, 2.05) is 0 Å². The summed E-state index contributed by atoms with van der Waals surface area (Å²) in [4.78, 5) is 11.1. The molecule has 1 amide bonds. The van der Waals surface area contributed by atoms with Gasteiger partial charge in [0.1, 0.15) is 0 Å². The Morgan fingerprint density at radius 3 is 2.48 bits per heavy atom. The molecule has 0 unspecified atom stereocenters. The zero-order valence-corrected chi connectivity index (χ0v) is 13.4. The van der Waals surface area contributed by atoms with Crippen LogP contribution in [0.25, 0.3) is 0 Å². The predicted molar refractivity (Wildman–Crippen MR) is 83.3 cm³/mol. The van der Waals surface area contributed by atoms with E-state index in [-0.39, 0.29) is 18.9 Å². The van der Waals surface area contributed by atoms with Crippen LogP contribution in [0.4, 0.5) is 20.2 Å². The Bertz CT molecular complexity index is 518. The zero-order valence-electron chi connectivity index (χ0n) is 12.7. The first-order chi connectivity index (χ1) is 9.59. The van der Waals surface area contributed by atoms with Gasteiger partial charge in [0.05, 0.1) is 10.7 Å². The van der Waals surface area contributed by atoms with Crippen LogP contribution in [0.3, 0.4) is 0 Å². The van der Waals surface area contributed by atoms with E-state index in [4.69, 9.17) is 11.6 Å². The highest BCUT2D eigenvalue weighted by atomic mass is 35.5. The second-order valence-electron chi connectivity index (χ2n) is 5.67. The lowest BCUT2D eigenvalue weighted by Gasteiger charge is -2.34. The van der Waals surface area contributed by atoms with Crippen molar-refractivity contribution in [2.75, 3.05) is 17.2 Å². The van der Waals surface area contributed by atoms with Crippen molar-refractivity contribution in [2.24, 2.45) is 5.41 Å². The molecule has 0 bridgehead atoms. The van der Waals surface area contributed by atoms with E-state index in [2.05, 4.69) is 10.6 Å². The van der Waals surface area contributed by atoms with E-state index >= 15 is 0 Å². The second kappa shape index (κ2) is 6.60. The summed E-state index contributed by atoms with van der Waals surface area (Å²) in [5.74, 6) is -3.00. The SMILES string of the molecule is CCC(F)(F)C(C)(C)CNc1ccc(Cl)c(NC(C)=O)c1. The number of carbonyl (C=O) groups is 1. The lowest BCUT2D eigenvalue weighted by atomic mass is 9.84. The van der Waals surface area contributed by atoms with Crippen LogP contribution in [-0.2, 0) is 4.79 Å². The molecule has 118 valence electrons. The van der Waals surface area contributed by atoms with Gasteiger partial charge in [-0.05, 0) is 18.2 Å². The molecular weight excluding hydrogens is 298 g/mol. The zero-order chi connectivity index (χ0) is 16.3. The number of amides is 1. The van der Waals surface area contributed by atoms with Gasteiger partial charge >= 0.3 is 0 Å². The van der Waals surface area contributed by atoms with Crippen molar-refractivity contribution in [3.63, 3.8) is 0 Å². The molecule has 6 heteroatoms. The third kappa shape index (κ3) is 4.56. The van der Waals surface area contributed by atoms with Crippen molar-refractivity contribution in [2.45, 2.75) is 40.0 Å². The Labute approximate surface area is 129 Å². The van der Waals surface area contributed by atoms with Crippen LogP contribution in [0, 0.1) is 5.41 Å². The summed E-state index contributed by atoms with van der Waals surface area (Å²) in [6.45, 7) is 6.00. The van der Waals surface area contributed by atoms with Gasteiger partial charge in [-0.3, -0.25) is 4.79 Å². The Balaban J connectivity index is 2.83. The van der Waals surface area contributed by atoms with Gasteiger partial charge in [0.2, 0.25) is 5.91 Å². The molecule has 0 heterocycles. The molecule has 0 atom stereocenters. The Kier molecular flexibility index (Phi) is 5.56. The molecule has 2 N–H and O–H groups in total. The first kappa shape index (κ1) is 17.7. The summed E-state index contributed by atoms with van der Waals surface area (Å²) in [7, 11) is 0. The predicted octanol–water partition coefficient (Wildman–Crippen LogP) is 4.78. The molecule has 0 radical (unpaired) electrons. The normalized spacial score (nSPS) is 12.1. The number of anilines is 2. The lowest BCUT2D eigenvalue weighted by Crippen LogP contribution is -2.41. The molecule has 0 fully saturated rings. The van der Waals surface area contributed by atoms with Crippen molar-refractivity contribution in [1.29, 1.82) is 0 Å². The highest BCUT2D eigenvalue weighted by Crippen LogP contribution is 2.39. The van der Waals surface area contributed by atoms with Crippen LogP contribution in [0.5, 0.6) is 0 Å². The quantitative estimate of drug-likeness (QED) is 0.792. The summed E-state index contributed by atoms with van der Waals surface area (Å²) in [5, 5.41) is 5.97. The van der Waals surface area contributed by atoms with Crippen LogP contribution < -0.4 is 10.6 Å². The van der Waals surface area contributed by atoms with Gasteiger partial charge in [0, 0.05) is 31.0 Å².